The number of para-hydroxylation sites is 1. The molecule has 1 heterocycles. The second-order valence-electron chi connectivity index (χ2n) is 6.71. The summed E-state index contributed by atoms with van der Waals surface area (Å²) in [6.07, 6.45) is -4.52. The Morgan fingerprint density at radius 1 is 1.15 bits per heavy atom. The fraction of sp³-hybridized carbons (Fsp3) is 0.350. The zero-order valence-corrected chi connectivity index (χ0v) is 15.9. The van der Waals surface area contributed by atoms with Crippen molar-refractivity contribution in [2.24, 2.45) is 0 Å². The Labute approximate surface area is 160 Å². The van der Waals surface area contributed by atoms with Crippen molar-refractivity contribution >= 4 is 23.5 Å². The quantitative estimate of drug-likeness (QED) is 0.681. The van der Waals surface area contributed by atoms with Crippen LogP contribution >= 0.6 is 11.8 Å². The molecule has 0 spiro atoms. The van der Waals surface area contributed by atoms with Gasteiger partial charge in [0.25, 0.3) is 0 Å². The number of alkyl halides is 3. The number of amides is 2. The molecule has 2 aromatic carbocycles. The molecule has 0 saturated carbocycles. The molecule has 3 rings (SSSR count). The molecule has 27 heavy (non-hydrogen) atoms. The molecule has 0 bridgehead atoms. The maximum atomic E-state index is 13.2. The van der Waals surface area contributed by atoms with Gasteiger partial charge in [0.15, 0.2) is 0 Å². The Bertz CT molecular complexity index is 806. The Balaban J connectivity index is 1.79. The highest BCUT2D eigenvalue weighted by molar-refractivity contribution is 7.99. The standard InChI is InChI=1S/C20H21F3N2OS/c1-13(2)14-7-9-15(10-8-14)18-25(11-12-27-18)19(26)24-17-6-4-3-5-16(17)20(21,22)23/h3-10,13,18H,11-12H2,1-2H3,(H,24,26)/t18-/m1/s1. The molecule has 0 radical (unpaired) electrons. The van der Waals surface area contributed by atoms with Crippen LogP contribution in [0.15, 0.2) is 48.5 Å². The first-order chi connectivity index (χ1) is 12.8. The van der Waals surface area contributed by atoms with Crippen LogP contribution in [0.1, 0.15) is 41.8 Å². The number of nitrogens with zero attached hydrogens (tertiary/aromatic N) is 1. The first-order valence-corrected chi connectivity index (χ1v) is 9.77. The fourth-order valence-electron chi connectivity index (χ4n) is 3.03. The summed E-state index contributed by atoms with van der Waals surface area (Å²) >= 11 is 1.61. The lowest BCUT2D eigenvalue weighted by atomic mass is 10.0. The van der Waals surface area contributed by atoms with Gasteiger partial charge < -0.3 is 10.2 Å². The molecule has 3 nitrogen and oxygen atoms in total. The maximum absolute atomic E-state index is 13.2. The Morgan fingerprint density at radius 3 is 2.44 bits per heavy atom. The highest BCUT2D eigenvalue weighted by atomic mass is 32.2. The van der Waals surface area contributed by atoms with Gasteiger partial charge in [-0.25, -0.2) is 4.79 Å². The minimum atomic E-state index is -4.52. The zero-order valence-electron chi connectivity index (χ0n) is 15.1. The third-order valence-corrected chi connectivity index (χ3v) is 5.77. The van der Waals surface area contributed by atoms with Crippen LogP contribution in [0.2, 0.25) is 0 Å². The number of carbonyl (C=O) groups excluding carboxylic acids is 1. The van der Waals surface area contributed by atoms with E-state index in [1.165, 1.54) is 23.8 Å². The van der Waals surface area contributed by atoms with Crippen molar-refractivity contribution < 1.29 is 18.0 Å². The lowest BCUT2D eigenvalue weighted by molar-refractivity contribution is -0.136. The molecule has 0 unspecified atom stereocenters. The molecule has 1 aliphatic heterocycles. The summed E-state index contributed by atoms with van der Waals surface area (Å²) in [6, 6.07) is 12.6. The molecule has 0 aliphatic carbocycles. The van der Waals surface area contributed by atoms with E-state index < -0.39 is 17.8 Å². The van der Waals surface area contributed by atoms with Gasteiger partial charge in [-0.15, -0.1) is 11.8 Å². The molecule has 1 N–H and O–H groups in total. The van der Waals surface area contributed by atoms with Gasteiger partial charge >= 0.3 is 12.2 Å². The van der Waals surface area contributed by atoms with Crippen molar-refractivity contribution in [3.8, 4) is 0 Å². The monoisotopic (exact) mass is 394 g/mol. The normalized spacial score (nSPS) is 17.4. The molecule has 1 atom stereocenters. The first-order valence-electron chi connectivity index (χ1n) is 8.72. The smallest absolute Gasteiger partial charge is 0.308 e. The van der Waals surface area contributed by atoms with Crippen LogP contribution in [0.4, 0.5) is 23.7 Å². The number of anilines is 1. The highest BCUT2D eigenvalue weighted by Crippen LogP contribution is 2.39. The molecule has 144 valence electrons. The summed E-state index contributed by atoms with van der Waals surface area (Å²) in [6.45, 7) is 4.70. The number of thioether (sulfide) groups is 1. The van der Waals surface area contributed by atoms with Crippen LogP contribution in [-0.2, 0) is 6.18 Å². The molecule has 1 aliphatic rings. The van der Waals surface area contributed by atoms with Crippen LogP contribution in [0.3, 0.4) is 0 Å². The van der Waals surface area contributed by atoms with E-state index in [-0.39, 0.29) is 11.1 Å². The third-order valence-electron chi connectivity index (χ3n) is 4.51. The molecule has 2 amide bonds. The van der Waals surface area contributed by atoms with Gasteiger partial charge in [-0.1, -0.05) is 50.2 Å². The molecule has 7 heteroatoms. The Morgan fingerprint density at radius 2 is 1.81 bits per heavy atom. The van der Waals surface area contributed by atoms with Gasteiger partial charge in [0.05, 0.1) is 11.3 Å². The summed E-state index contributed by atoms with van der Waals surface area (Å²) in [5, 5.41) is 2.24. The predicted molar refractivity (Wildman–Crippen MR) is 103 cm³/mol. The highest BCUT2D eigenvalue weighted by Gasteiger charge is 2.35. The number of hydrogen-bond acceptors (Lipinski definition) is 2. The summed E-state index contributed by atoms with van der Waals surface area (Å²) in [4.78, 5) is 14.3. The number of carbonyl (C=O) groups is 1. The summed E-state index contributed by atoms with van der Waals surface area (Å²) in [5.41, 5.74) is 1.11. The molecule has 1 fully saturated rings. The van der Waals surface area contributed by atoms with Crippen molar-refractivity contribution in [3.63, 3.8) is 0 Å². The van der Waals surface area contributed by atoms with Crippen molar-refractivity contribution in [1.82, 2.24) is 4.90 Å². The molecule has 1 saturated heterocycles. The van der Waals surface area contributed by atoms with E-state index >= 15 is 0 Å². The zero-order chi connectivity index (χ0) is 19.6. The second-order valence-corrected chi connectivity index (χ2v) is 7.90. The number of hydrogen-bond donors (Lipinski definition) is 1. The van der Waals surface area contributed by atoms with Gasteiger partial charge in [-0.3, -0.25) is 0 Å². The fourth-order valence-corrected chi connectivity index (χ4v) is 4.28. The maximum Gasteiger partial charge on any atom is 0.418 e. The summed E-state index contributed by atoms with van der Waals surface area (Å²) < 4.78 is 39.5. The van der Waals surface area contributed by atoms with E-state index in [0.29, 0.717) is 12.5 Å². The van der Waals surface area contributed by atoms with Crippen molar-refractivity contribution in [3.05, 3.63) is 65.2 Å². The van der Waals surface area contributed by atoms with E-state index in [4.69, 9.17) is 0 Å². The predicted octanol–water partition coefficient (Wildman–Crippen LogP) is 6.11. The van der Waals surface area contributed by atoms with Gasteiger partial charge in [0.1, 0.15) is 5.37 Å². The van der Waals surface area contributed by atoms with Gasteiger partial charge in [-0.2, -0.15) is 13.2 Å². The average molecular weight is 394 g/mol. The lowest BCUT2D eigenvalue weighted by Crippen LogP contribution is -2.34. The van der Waals surface area contributed by atoms with E-state index in [1.807, 2.05) is 24.3 Å². The molecular formula is C20H21F3N2OS. The average Bonchev–Trinajstić information content (AvgIpc) is 3.11. The minimum absolute atomic E-state index is 0.204. The topological polar surface area (TPSA) is 32.3 Å². The number of nitrogens with one attached hydrogen (secondary N) is 1. The van der Waals surface area contributed by atoms with E-state index in [9.17, 15) is 18.0 Å². The van der Waals surface area contributed by atoms with Crippen LogP contribution < -0.4 is 5.32 Å². The summed E-state index contributed by atoms with van der Waals surface area (Å²) in [5.74, 6) is 1.15. The van der Waals surface area contributed by atoms with Gasteiger partial charge in [-0.05, 0) is 29.2 Å². The van der Waals surface area contributed by atoms with E-state index in [1.54, 1.807) is 16.7 Å². The largest absolute Gasteiger partial charge is 0.418 e. The number of halogens is 3. The van der Waals surface area contributed by atoms with Crippen molar-refractivity contribution in [1.29, 1.82) is 0 Å². The Kier molecular flexibility index (Phi) is 5.69. The number of rotatable bonds is 3. The third kappa shape index (κ3) is 4.40. The van der Waals surface area contributed by atoms with Crippen LogP contribution in [0.25, 0.3) is 0 Å². The van der Waals surface area contributed by atoms with E-state index in [2.05, 4.69) is 19.2 Å². The lowest BCUT2D eigenvalue weighted by Gasteiger charge is -2.25. The van der Waals surface area contributed by atoms with Crippen molar-refractivity contribution in [2.75, 3.05) is 17.6 Å². The molecular weight excluding hydrogens is 373 g/mol. The van der Waals surface area contributed by atoms with Crippen LogP contribution in [-0.4, -0.2) is 23.2 Å². The van der Waals surface area contributed by atoms with Crippen molar-refractivity contribution in [2.45, 2.75) is 31.3 Å². The second kappa shape index (κ2) is 7.84. The van der Waals surface area contributed by atoms with Crippen LogP contribution in [0, 0.1) is 0 Å². The number of urea groups is 1. The molecule has 2 aromatic rings. The first kappa shape index (κ1) is 19.6. The SMILES string of the molecule is CC(C)c1ccc([C@H]2SCCN2C(=O)Nc2ccccc2C(F)(F)F)cc1. The van der Waals surface area contributed by atoms with Gasteiger partial charge in [0.2, 0.25) is 0 Å². The Hall–Kier alpha value is -2.15. The van der Waals surface area contributed by atoms with Crippen LogP contribution in [0.5, 0.6) is 0 Å². The van der Waals surface area contributed by atoms with Gasteiger partial charge in [0, 0.05) is 12.3 Å². The molecule has 0 aromatic heterocycles. The van der Waals surface area contributed by atoms with E-state index in [0.717, 1.165) is 17.4 Å². The number of benzene rings is 2. The minimum Gasteiger partial charge on any atom is -0.308 e. The summed E-state index contributed by atoms with van der Waals surface area (Å²) in [7, 11) is 0.